The number of fused-ring (bicyclic) bond motifs is 1. The summed E-state index contributed by atoms with van der Waals surface area (Å²) in [5, 5.41) is 3.90. The molecular formula is C10H5Cl2N3S. The highest BCUT2D eigenvalue weighted by molar-refractivity contribution is 7.13. The predicted octanol–water partition coefficient (Wildman–Crippen LogP) is 3.76. The van der Waals surface area contributed by atoms with Gasteiger partial charge in [-0.2, -0.15) is 0 Å². The van der Waals surface area contributed by atoms with Crippen LogP contribution in [0.4, 0.5) is 0 Å². The topological polar surface area (TPSA) is 30.2 Å². The van der Waals surface area contributed by atoms with Gasteiger partial charge >= 0.3 is 0 Å². The highest BCUT2D eigenvalue weighted by atomic mass is 35.5. The first-order valence-electron chi connectivity index (χ1n) is 4.47. The number of pyridine rings is 1. The largest absolute Gasteiger partial charge is 0.304 e. The zero-order valence-corrected chi connectivity index (χ0v) is 10.2. The second-order valence-electron chi connectivity index (χ2n) is 3.20. The van der Waals surface area contributed by atoms with Crippen LogP contribution in [0.25, 0.3) is 16.3 Å². The zero-order valence-electron chi connectivity index (χ0n) is 7.89. The lowest BCUT2D eigenvalue weighted by Crippen LogP contribution is -1.82. The molecule has 0 amide bonds. The van der Waals surface area contributed by atoms with E-state index in [0.29, 0.717) is 15.7 Å². The first kappa shape index (κ1) is 10.1. The third-order valence-corrected chi connectivity index (χ3v) is 3.40. The van der Waals surface area contributed by atoms with Crippen molar-refractivity contribution in [3.8, 4) is 10.7 Å². The molecule has 0 N–H and O–H groups in total. The summed E-state index contributed by atoms with van der Waals surface area (Å²) in [5.41, 5.74) is 1.50. The number of hydrogen-bond acceptors (Lipinski definition) is 3. The second kappa shape index (κ2) is 3.73. The van der Waals surface area contributed by atoms with Crippen molar-refractivity contribution in [2.24, 2.45) is 0 Å². The maximum absolute atomic E-state index is 6.05. The van der Waals surface area contributed by atoms with Gasteiger partial charge in [0.05, 0.1) is 10.0 Å². The van der Waals surface area contributed by atoms with Gasteiger partial charge in [0.25, 0.3) is 0 Å². The number of halogens is 2. The number of rotatable bonds is 1. The molecule has 0 saturated carbocycles. The van der Waals surface area contributed by atoms with E-state index in [-0.39, 0.29) is 0 Å². The average molecular weight is 270 g/mol. The molecule has 0 spiro atoms. The lowest BCUT2D eigenvalue weighted by Gasteiger charge is -1.95. The van der Waals surface area contributed by atoms with Crippen LogP contribution in [0.15, 0.2) is 30.0 Å². The maximum atomic E-state index is 6.05. The molecule has 0 aliphatic heterocycles. The summed E-state index contributed by atoms with van der Waals surface area (Å²) in [6.07, 6.45) is 5.39. The van der Waals surface area contributed by atoms with E-state index in [0.717, 1.165) is 10.7 Å². The fraction of sp³-hybridized carbons (Fsp3) is 0. The number of hydrogen-bond donors (Lipinski definition) is 0. The Balaban J connectivity index is 2.27. The molecule has 3 nitrogen and oxygen atoms in total. The van der Waals surface area contributed by atoms with Gasteiger partial charge < -0.3 is 4.40 Å². The molecule has 0 aliphatic carbocycles. The standard InChI is InChI=1S/C10H5Cl2N3S/c11-6-3-7(12)9-14-8(5-15(9)4-6)10-13-1-2-16-10/h1-5H. The Morgan fingerprint density at radius 3 is 2.88 bits per heavy atom. The van der Waals surface area contributed by atoms with Crippen LogP contribution < -0.4 is 0 Å². The minimum Gasteiger partial charge on any atom is -0.304 e. The summed E-state index contributed by atoms with van der Waals surface area (Å²) in [6, 6.07) is 1.68. The van der Waals surface area contributed by atoms with Crippen molar-refractivity contribution in [1.29, 1.82) is 0 Å². The second-order valence-corrected chi connectivity index (χ2v) is 4.94. The van der Waals surface area contributed by atoms with E-state index >= 15 is 0 Å². The van der Waals surface area contributed by atoms with Crippen LogP contribution in [0.3, 0.4) is 0 Å². The van der Waals surface area contributed by atoms with E-state index in [4.69, 9.17) is 23.2 Å². The number of aromatic nitrogens is 3. The van der Waals surface area contributed by atoms with E-state index in [1.165, 1.54) is 11.3 Å². The maximum Gasteiger partial charge on any atom is 0.156 e. The molecule has 0 bridgehead atoms. The summed E-state index contributed by atoms with van der Waals surface area (Å²) < 4.78 is 1.81. The molecule has 3 aromatic rings. The van der Waals surface area contributed by atoms with Gasteiger partial charge in [0, 0.05) is 24.0 Å². The van der Waals surface area contributed by atoms with Gasteiger partial charge in [-0.1, -0.05) is 23.2 Å². The molecule has 3 aromatic heterocycles. The van der Waals surface area contributed by atoms with Crippen molar-refractivity contribution < 1.29 is 0 Å². The quantitative estimate of drug-likeness (QED) is 0.673. The third kappa shape index (κ3) is 1.59. The van der Waals surface area contributed by atoms with E-state index in [2.05, 4.69) is 9.97 Å². The van der Waals surface area contributed by atoms with Crippen LogP contribution in [0, 0.1) is 0 Å². The highest BCUT2D eigenvalue weighted by Gasteiger charge is 2.09. The molecule has 0 aromatic carbocycles. The SMILES string of the molecule is Clc1cc(Cl)c2nc(-c3nccs3)cn2c1. The average Bonchev–Trinajstić information content (AvgIpc) is 2.82. The van der Waals surface area contributed by atoms with Crippen LogP contribution in [-0.2, 0) is 0 Å². The number of imidazole rings is 1. The van der Waals surface area contributed by atoms with Crippen molar-refractivity contribution in [3.05, 3.63) is 40.1 Å². The third-order valence-electron chi connectivity index (χ3n) is 2.12. The molecule has 0 atom stereocenters. The lowest BCUT2D eigenvalue weighted by molar-refractivity contribution is 1.19. The monoisotopic (exact) mass is 269 g/mol. The highest BCUT2D eigenvalue weighted by Crippen LogP contribution is 2.26. The smallest absolute Gasteiger partial charge is 0.156 e. The first-order chi connectivity index (χ1) is 7.74. The van der Waals surface area contributed by atoms with Crippen LogP contribution in [-0.4, -0.2) is 14.4 Å². The minimum atomic E-state index is 0.537. The van der Waals surface area contributed by atoms with E-state index in [1.807, 2.05) is 11.6 Å². The molecule has 0 radical (unpaired) electrons. The van der Waals surface area contributed by atoms with Crippen LogP contribution in [0.1, 0.15) is 0 Å². The Labute approximate surface area is 105 Å². The van der Waals surface area contributed by atoms with Gasteiger partial charge in [-0.05, 0) is 6.07 Å². The number of nitrogens with zero attached hydrogens (tertiary/aromatic N) is 3. The Kier molecular flexibility index (Phi) is 2.35. The summed E-state index contributed by atoms with van der Waals surface area (Å²) in [4.78, 5) is 8.62. The molecule has 6 heteroatoms. The van der Waals surface area contributed by atoms with Crippen LogP contribution in [0.5, 0.6) is 0 Å². The molecule has 0 fully saturated rings. The van der Waals surface area contributed by atoms with Crippen molar-refractivity contribution in [3.63, 3.8) is 0 Å². The molecule has 80 valence electrons. The van der Waals surface area contributed by atoms with Gasteiger partial charge in [0.1, 0.15) is 10.7 Å². The van der Waals surface area contributed by atoms with E-state index < -0.39 is 0 Å². The van der Waals surface area contributed by atoms with Gasteiger partial charge in [-0.25, -0.2) is 9.97 Å². The van der Waals surface area contributed by atoms with E-state index in [1.54, 1.807) is 22.9 Å². The normalized spacial score (nSPS) is 11.1. The van der Waals surface area contributed by atoms with Crippen molar-refractivity contribution in [2.75, 3.05) is 0 Å². The van der Waals surface area contributed by atoms with E-state index in [9.17, 15) is 0 Å². The molecule has 3 rings (SSSR count). The Hall–Kier alpha value is -1.10. The molecule has 0 saturated heterocycles. The summed E-state index contributed by atoms with van der Waals surface area (Å²) in [6.45, 7) is 0. The molecule has 0 unspecified atom stereocenters. The summed E-state index contributed by atoms with van der Waals surface area (Å²) in [7, 11) is 0. The van der Waals surface area contributed by atoms with Crippen LogP contribution >= 0.6 is 34.5 Å². The first-order valence-corrected chi connectivity index (χ1v) is 6.11. The van der Waals surface area contributed by atoms with Crippen molar-refractivity contribution in [1.82, 2.24) is 14.4 Å². The fourth-order valence-corrected chi connectivity index (χ4v) is 2.60. The lowest BCUT2D eigenvalue weighted by atomic mass is 10.5. The fourth-order valence-electron chi connectivity index (χ4n) is 1.48. The minimum absolute atomic E-state index is 0.537. The summed E-state index contributed by atoms with van der Waals surface area (Å²) >= 11 is 13.5. The molecule has 0 aliphatic rings. The molecule has 3 heterocycles. The molecular weight excluding hydrogens is 265 g/mol. The van der Waals surface area contributed by atoms with Crippen molar-refractivity contribution >= 4 is 40.2 Å². The Morgan fingerprint density at radius 1 is 1.25 bits per heavy atom. The van der Waals surface area contributed by atoms with Gasteiger partial charge in [-0.15, -0.1) is 11.3 Å². The predicted molar refractivity (Wildman–Crippen MR) is 66.3 cm³/mol. The molecule has 16 heavy (non-hydrogen) atoms. The van der Waals surface area contributed by atoms with Gasteiger partial charge in [0.2, 0.25) is 0 Å². The van der Waals surface area contributed by atoms with Crippen molar-refractivity contribution in [2.45, 2.75) is 0 Å². The zero-order chi connectivity index (χ0) is 11.1. The Morgan fingerprint density at radius 2 is 2.12 bits per heavy atom. The van der Waals surface area contributed by atoms with Gasteiger partial charge in [0.15, 0.2) is 5.65 Å². The van der Waals surface area contributed by atoms with Gasteiger partial charge in [-0.3, -0.25) is 0 Å². The Bertz CT molecular complexity index is 645. The number of thiazole rings is 1. The summed E-state index contributed by atoms with van der Waals surface area (Å²) in [5.74, 6) is 0. The van der Waals surface area contributed by atoms with Crippen LogP contribution in [0.2, 0.25) is 10.0 Å².